The first-order valence-electron chi connectivity index (χ1n) is 4.76. The third-order valence-corrected chi connectivity index (χ3v) is 1.77. The molecule has 0 aromatic rings. The molecule has 6 N–H and O–H groups in total. The monoisotopic (exact) mass is 207 g/mol. The molecule has 0 heterocycles. The van der Waals surface area contributed by atoms with Gasteiger partial charge in [0.05, 0.1) is 19.8 Å². The minimum absolute atomic E-state index is 0.0389. The van der Waals surface area contributed by atoms with Crippen LogP contribution in [0.4, 0.5) is 0 Å². The van der Waals surface area contributed by atoms with Crippen molar-refractivity contribution >= 4 is 0 Å². The smallest absolute Gasteiger partial charge is 0.120 e. The van der Waals surface area contributed by atoms with Crippen molar-refractivity contribution in [2.75, 3.05) is 39.5 Å². The Morgan fingerprint density at radius 1 is 0.786 bits per heavy atom. The summed E-state index contributed by atoms with van der Waals surface area (Å²) in [6.07, 6.45) is 0. The second kappa shape index (κ2) is 8.10. The molecule has 86 valence electrons. The summed E-state index contributed by atoms with van der Waals surface area (Å²) in [5, 5.41) is 35.1. The van der Waals surface area contributed by atoms with Crippen LogP contribution >= 0.6 is 0 Å². The zero-order chi connectivity index (χ0) is 10.9. The van der Waals surface area contributed by atoms with E-state index in [4.69, 9.17) is 15.3 Å². The van der Waals surface area contributed by atoms with E-state index in [1.165, 1.54) is 0 Å². The highest BCUT2D eigenvalue weighted by molar-refractivity contribution is 4.77. The van der Waals surface area contributed by atoms with Crippen LogP contribution in [-0.4, -0.2) is 60.6 Å². The largest absolute Gasteiger partial charge is 0.395 e. The van der Waals surface area contributed by atoms with Crippen LogP contribution in [0.2, 0.25) is 0 Å². The first kappa shape index (κ1) is 13.8. The molecule has 0 aliphatic rings. The lowest BCUT2D eigenvalue weighted by Gasteiger charge is -2.33. The van der Waals surface area contributed by atoms with Gasteiger partial charge in [0.2, 0.25) is 0 Å². The summed E-state index contributed by atoms with van der Waals surface area (Å²) in [6.45, 7) is 3.27. The summed E-state index contributed by atoms with van der Waals surface area (Å²) in [5.74, 6) is -0.575. The highest BCUT2D eigenvalue weighted by Crippen LogP contribution is 1.91. The Morgan fingerprint density at radius 3 is 1.29 bits per heavy atom. The fourth-order valence-electron chi connectivity index (χ4n) is 1.11. The van der Waals surface area contributed by atoms with E-state index in [0.29, 0.717) is 19.6 Å². The van der Waals surface area contributed by atoms with Gasteiger partial charge < -0.3 is 15.3 Å². The number of rotatable bonds is 9. The van der Waals surface area contributed by atoms with Gasteiger partial charge in [-0.2, -0.15) is 0 Å². The molecule has 0 unspecified atom stereocenters. The summed E-state index contributed by atoms with van der Waals surface area (Å²) in [7, 11) is 0. The van der Waals surface area contributed by atoms with Crippen molar-refractivity contribution in [3.8, 4) is 0 Å². The minimum Gasteiger partial charge on any atom is -0.395 e. The van der Waals surface area contributed by atoms with Gasteiger partial charge in [0.25, 0.3) is 0 Å². The van der Waals surface area contributed by atoms with E-state index in [-0.39, 0.29) is 19.8 Å². The first-order chi connectivity index (χ1) is 6.68. The molecule has 0 aliphatic carbocycles. The Kier molecular flexibility index (Phi) is 7.96. The molecular formula is C8H21N3O3. The fourth-order valence-corrected chi connectivity index (χ4v) is 1.11. The molecule has 0 radical (unpaired) electrons. The van der Waals surface area contributed by atoms with E-state index in [2.05, 4.69) is 16.0 Å². The second-order valence-electron chi connectivity index (χ2n) is 3.08. The van der Waals surface area contributed by atoms with Crippen LogP contribution in [0.1, 0.15) is 6.92 Å². The first-order valence-corrected chi connectivity index (χ1v) is 4.76. The topological polar surface area (TPSA) is 96.8 Å². The molecule has 6 nitrogen and oxygen atoms in total. The molecule has 0 rings (SSSR count). The van der Waals surface area contributed by atoms with Crippen molar-refractivity contribution < 1.29 is 15.3 Å². The highest BCUT2D eigenvalue weighted by Gasteiger charge is 2.20. The Balaban J connectivity index is 3.89. The maximum Gasteiger partial charge on any atom is 0.120 e. The van der Waals surface area contributed by atoms with Gasteiger partial charge in [-0.05, 0) is 6.92 Å². The molecular weight excluding hydrogens is 186 g/mol. The van der Waals surface area contributed by atoms with E-state index >= 15 is 0 Å². The molecule has 0 atom stereocenters. The molecule has 0 bridgehead atoms. The number of hydrogen-bond donors (Lipinski definition) is 6. The van der Waals surface area contributed by atoms with Gasteiger partial charge in [0, 0.05) is 19.6 Å². The van der Waals surface area contributed by atoms with Crippen LogP contribution < -0.4 is 16.0 Å². The predicted molar refractivity (Wildman–Crippen MR) is 53.7 cm³/mol. The van der Waals surface area contributed by atoms with Crippen molar-refractivity contribution in [2.45, 2.75) is 12.7 Å². The van der Waals surface area contributed by atoms with Gasteiger partial charge in [0.15, 0.2) is 0 Å². The SMILES string of the molecule is CC(NCCO)(NCCO)NCCO. The van der Waals surface area contributed by atoms with Crippen molar-refractivity contribution in [2.24, 2.45) is 0 Å². The van der Waals surface area contributed by atoms with Gasteiger partial charge >= 0.3 is 0 Å². The summed E-state index contributed by atoms with van der Waals surface area (Å²) >= 11 is 0. The number of aliphatic hydroxyl groups excluding tert-OH is 3. The molecule has 0 aromatic carbocycles. The molecule has 0 saturated carbocycles. The maximum atomic E-state index is 8.66. The van der Waals surface area contributed by atoms with E-state index < -0.39 is 5.79 Å². The Labute approximate surface area is 84.3 Å². The van der Waals surface area contributed by atoms with Crippen molar-refractivity contribution in [3.63, 3.8) is 0 Å². The van der Waals surface area contributed by atoms with Crippen molar-refractivity contribution in [1.29, 1.82) is 0 Å². The quantitative estimate of drug-likeness (QED) is 0.232. The van der Waals surface area contributed by atoms with Crippen LogP contribution in [0, 0.1) is 0 Å². The summed E-state index contributed by atoms with van der Waals surface area (Å²) in [5.41, 5.74) is 0. The maximum absolute atomic E-state index is 8.66. The number of hydrogen-bond acceptors (Lipinski definition) is 6. The third kappa shape index (κ3) is 6.25. The van der Waals surface area contributed by atoms with E-state index in [1.54, 1.807) is 0 Å². The van der Waals surface area contributed by atoms with Crippen LogP contribution in [0.15, 0.2) is 0 Å². The van der Waals surface area contributed by atoms with Crippen LogP contribution in [0.3, 0.4) is 0 Å². The lowest BCUT2D eigenvalue weighted by Crippen LogP contribution is -2.65. The molecule has 0 amide bonds. The van der Waals surface area contributed by atoms with Crippen LogP contribution in [0.25, 0.3) is 0 Å². The van der Waals surface area contributed by atoms with E-state index in [9.17, 15) is 0 Å². The van der Waals surface area contributed by atoms with E-state index in [1.807, 2.05) is 6.92 Å². The third-order valence-electron chi connectivity index (χ3n) is 1.77. The number of aliphatic hydroxyl groups is 3. The van der Waals surface area contributed by atoms with Crippen molar-refractivity contribution in [3.05, 3.63) is 0 Å². The van der Waals surface area contributed by atoms with Gasteiger partial charge in [-0.25, -0.2) is 0 Å². The molecule has 0 fully saturated rings. The fraction of sp³-hybridized carbons (Fsp3) is 1.00. The van der Waals surface area contributed by atoms with Crippen LogP contribution in [0.5, 0.6) is 0 Å². The Morgan fingerprint density at radius 2 is 1.07 bits per heavy atom. The van der Waals surface area contributed by atoms with Gasteiger partial charge in [-0.3, -0.25) is 16.0 Å². The summed E-state index contributed by atoms with van der Waals surface area (Å²) in [4.78, 5) is 0. The zero-order valence-corrected chi connectivity index (χ0v) is 8.58. The average Bonchev–Trinajstić information content (AvgIpc) is 2.21. The highest BCUT2D eigenvalue weighted by atomic mass is 16.3. The van der Waals surface area contributed by atoms with Gasteiger partial charge in [0.1, 0.15) is 5.79 Å². The molecule has 0 aromatic heterocycles. The van der Waals surface area contributed by atoms with Gasteiger partial charge in [-0.1, -0.05) is 0 Å². The summed E-state index contributed by atoms with van der Waals surface area (Å²) in [6, 6.07) is 0. The molecule has 0 aliphatic heterocycles. The Hall–Kier alpha value is -0.240. The standard InChI is InChI=1S/C8H21N3O3/c1-8(9-2-5-12,10-3-6-13)11-4-7-14/h9-14H,2-7H2,1H3. The molecule has 0 spiro atoms. The minimum atomic E-state index is -0.575. The molecule has 0 saturated heterocycles. The number of nitrogens with one attached hydrogen (secondary N) is 3. The molecule has 6 heteroatoms. The lowest BCUT2D eigenvalue weighted by molar-refractivity contribution is 0.166. The normalized spacial score (nSPS) is 12.0. The van der Waals surface area contributed by atoms with Gasteiger partial charge in [-0.15, -0.1) is 0 Å². The lowest BCUT2D eigenvalue weighted by atomic mass is 10.3. The Bertz CT molecular complexity index is 113. The average molecular weight is 207 g/mol. The van der Waals surface area contributed by atoms with Crippen molar-refractivity contribution in [1.82, 2.24) is 16.0 Å². The second-order valence-corrected chi connectivity index (χ2v) is 3.08. The van der Waals surface area contributed by atoms with Crippen LogP contribution in [-0.2, 0) is 0 Å². The van der Waals surface area contributed by atoms with E-state index in [0.717, 1.165) is 0 Å². The summed E-state index contributed by atoms with van der Waals surface area (Å²) < 4.78 is 0. The molecule has 14 heavy (non-hydrogen) atoms. The zero-order valence-electron chi connectivity index (χ0n) is 8.58. The predicted octanol–water partition coefficient (Wildman–Crippen LogP) is -2.59.